The number of carbonyl (C=O) groups excluding carboxylic acids is 1. The highest BCUT2D eigenvalue weighted by atomic mass is 35.5. The Hall–Kier alpha value is -2.06. The smallest absolute Gasteiger partial charge is 0.323 e. The molecule has 1 aromatic heterocycles. The Balaban J connectivity index is 1.49. The summed E-state index contributed by atoms with van der Waals surface area (Å²) in [6, 6.07) is 2.93. The quantitative estimate of drug-likeness (QED) is 0.764. The van der Waals surface area contributed by atoms with Crippen molar-refractivity contribution in [3.63, 3.8) is 0 Å². The second kappa shape index (κ2) is 7.32. The molecule has 1 saturated carbocycles. The molecule has 1 saturated heterocycles. The van der Waals surface area contributed by atoms with Crippen molar-refractivity contribution in [1.29, 1.82) is 0 Å². The molecule has 9 heteroatoms. The Morgan fingerprint density at radius 3 is 2.62 bits per heavy atom. The zero-order valence-electron chi connectivity index (χ0n) is 16.0. The Morgan fingerprint density at radius 1 is 1.34 bits per heavy atom. The van der Waals surface area contributed by atoms with Gasteiger partial charge >= 0.3 is 6.18 Å². The largest absolute Gasteiger partial charge is 0.416 e. The molecule has 29 heavy (non-hydrogen) atoms. The van der Waals surface area contributed by atoms with Crippen LogP contribution in [0, 0.1) is 5.92 Å². The molecule has 1 aliphatic heterocycles. The minimum absolute atomic E-state index is 0.143. The number of aromatic nitrogens is 2. The van der Waals surface area contributed by atoms with Crippen LogP contribution in [0.15, 0.2) is 30.6 Å². The molecule has 0 radical (unpaired) electrons. The van der Waals surface area contributed by atoms with E-state index in [0.29, 0.717) is 18.8 Å². The number of alkyl halides is 3. The lowest BCUT2D eigenvalue weighted by molar-refractivity contribution is -0.137. The lowest BCUT2D eigenvalue weighted by atomic mass is 9.76. The van der Waals surface area contributed by atoms with Crippen molar-refractivity contribution in [2.45, 2.75) is 44.4 Å². The van der Waals surface area contributed by atoms with Crippen LogP contribution in [-0.2, 0) is 23.1 Å². The van der Waals surface area contributed by atoms with Crippen LogP contribution in [0.2, 0.25) is 5.02 Å². The van der Waals surface area contributed by atoms with Crippen molar-refractivity contribution in [3.05, 3.63) is 46.7 Å². The number of amides is 1. The first-order valence-electron chi connectivity index (χ1n) is 9.62. The molecule has 0 bridgehead atoms. The monoisotopic (exact) mass is 426 g/mol. The average molecular weight is 427 g/mol. The number of nitrogens with zero attached hydrogens (tertiary/aromatic N) is 3. The zero-order valence-corrected chi connectivity index (χ0v) is 16.7. The van der Waals surface area contributed by atoms with Gasteiger partial charge in [0.25, 0.3) is 5.91 Å². The van der Waals surface area contributed by atoms with Crippen LogP contribution in [0.4, 0.5) is 18.9 Å². The molecule has 2 heterocycles. The third-order valence-corrected chi connectivity index (χ3v) is 6.08. The Morgan fingerprint density at radius 2 is 2.07 bits per heavy atom. The zero-order chi connectivity index (χ0) is 20.8. The van der Waals surface area contributed by atoms with Crippen molar-refractivity contribution >= 4 is 23.2 Å². The molecule has 0 spiro atoms. The number of rotatable bonds is 5. The Bertz CT molecular complexity index is 917. The molecular formula is C20H22ClF3N4O. The van der Waals surface area contributed by atoms with E-state index >= 15 is 0 Å². The summed E-state index contributed by atoms with van der Waals surface area (Å²) in [5, 5.41) is 6.98. The summed E-state index contributed by atoms with van der Waals surface area (Å²) in [7, 11) is 0. The molecule has 5 nitrogen and oxygen atoms in total. The minimum Gasteiger partial charge on any atom is -0.323 e. The van der Waals surface area contributed by atoms with E-state index in [4.69, 9.17) is 11.6 Å². The highest BCUT2D eigenvalue weighted by molar-refractivity contribution is 6.33. The van der Waals surface area contributed by atoms with Crippen LogP contribution in [0.5, 0.6) is 0 Å². The maximum Gasteiger partial charge on any atom is 0.416 e. The van der Waals surface area contributed by atoms with E-state index in [-0.39, 0.29) is 16.6 Å². The van der Waals surface area contributed by atoms with E-state index in [2.05, 4.69) is 22.2 Å². The lowest BCUT2D eigenvalue weighted by Crippen LogP contribution is -2.51. The second-order valence-corrected chi connectivity index (χ2v) is 8.53. The third kappa shape index (κ3) is 3.88. The number of benzene rings is 1. The normalized spacial score (nSPS) is 19.5. The van der Waals surface area contributed by atoms with Gasteiger partial charge in [-0.3, -0.25) is 14.4 Å². The maximum absolute atomic E-state index is 13.0. The molecule has 0 unspecified atom stereocenters. The molecule has 1 N–H and O–H groups in total. The van der Waals surface area contributed by atoms with Gasteiger partial charge in [0, 0.05) is 31.4 Å². The van der Waals surface area contributed by atoms with E-state index in [0.717, 1.165) is 43.8 Å². The SMILES string of the molecule is CC1CN(Cc2cnn(C3(C(=O)Nc4ccc(C(F)(F)F)cc4Cl)CCC3)c2)C1. The van der Waals surface area contributed by atoms with Crippen LogP contribution in [-0.4, -0.2) is 33.7 Å². The molecule has 2 aliphatic rings. The predicted octanol–water partition coefficient (Wildman–Crippen LogP) is 4.52. The van der Waals surface area contributed by atoms with Crippen LogP contribution in [0.3, 0.4) is 0 Å². The summed E-state index contributed by atoms with van der Waals surface area (Å²) in [4.78, 5) is 15.4. The van der Waals surface area contributed by atoms with E-state index in [9.17, 15) is 18.0 Å². The number of hydrogen-bond acceptors (Lipinski definition) is 3. The Labute approximate surface area is 171 Å². The van der Waals surface area contributed by atoms with Gasteiger partial charge in [-0.2, -0.15) is 18.3 Å². The number of hydrogen-bond donors (Lipinski definition) is 1. The minimum atomic E-state index is -4.49. The molecule has 2 fully saturated rings. The van der Waals surface area contributed by atoms with Gasteiger partial charge < -0.3 is 5.32 Å². The molecule has 156 valence electrons. The Kier molecular flexibility index (Phi) is 5.11. The first-order valence-corrected chi connectivity index (χ1v) is 10.00. The number of likely N-dealkylation sites (tertiary alicyclic amines) is 1. The van der Waals surface area contributed by atoms with Crippen molar-refractivity contribution in [3.8, 4) is 0 Å². The molecule has 1 aliphatic carbocycles. The van der Waals surface area contributed by atoms with Gasteiger partial charge in [0.2, 0.25) is 0 Å². The summed E-state index contributed by atoms with van der Waals surface area (Å²) < 4.78 is 40.2. The van der Waals surface area contributed by atoms with E-state index in [1.165, 1.54) is 6.07 Å². The lowest BCUT2D eigenvalue weighted by Gasteiger charge is -2.40. The third-order valence-electron chi connectivity index (χ3n) is 5.77. The van der Waals surface area contributed by atoms with Gasteiger partial charge in [0.1, 0.15) is 5.54 Å². The second-order valence-electron chi connectivity index (χ2n) is 8.12. The summed E-state index contributed by atoms with van der Waals surface area (Å²) in [6.45, 7) is 5.12. The molecule has 1 amide bonds. The fourth-order valence-electron chi connectivity index (χ4n) is 3.99. The number of halogens is 4. The van der Waals surface area contributed by atoms with E-state index in [1.807, 2.05) is 6.20 Å². The van der Waals surface area contributed by atoms with Gasteiger partial charge in [-0.05, 0) is 43.4 Å². The van der Waals surface area contributed by atoms with Crippen LogP contribution < -0.4 is 5.32 Å². The van der Waals surface area contributed by atoms with Crippen molar-refractivity contribution in [2.24, 2.45) is 5.92 Å². The van der Waals surface area contributed by atoms with Gasteiger partial charge in [-0.1, -0.05) is 18.5 Å². The predicted molar refractivity (Wildman–Crippen MR) is 104 cm³/mol. The first-order chi connectivity index (χ1) is 13.7. The van der Waals surface area contributed by atoms with Gasteiger partial charge in [-0.15, -0.1) is 0 Å². The van der Waals surface area contributed by atoms with Crippen molar-refractivity contribution in [1.82, 2.24) is 14.7 Å². The molecule has 1 aromatic carbocycles. The molecule has 0 atom stereocenters. The van der Waals surface area contributed by atoms with Crippen LogP contribution >= 0.6 is 11.6 Å². The van der Waals surface area contributed by atoms with Crippen molar-refractivity contribution in [2.75, 3.05) is 18.4 Å². The topological polar surface area (TPSA) is 50.2 Å². The summed E-state index contributed by atoms with van der Waals surface area (Å²) >= 11 is 5.99. The van der Waals surface area contributed by atoms with Crippen molar-refractivity contribution < 1.29 is 18.0 Å². The number of anilines is 1. The highest BCUT2D eigenvalue weighted by Gasteiger charge is 2.47. The standard InChI is InChI=1S/C20H22ClF3N4O/c1-13-9-27(10-13)11-14-8-25-28(12-14)19(5-2-6-19)18(29)26-17-4-3-15(7-16(17)21)20(22,23)24/h3-4,7-8,12-13H,2,5-6,9-11H2,1H3,(H,26,29). The van der Waals surface area contributed by atoms with Gasteiger partial charge in [0.15, 0.2) is 0 Å². The van der Waals surface area contributed by atoms with E-state index in [1.54, 1.807) is 10.9 Å². The van der Waals surface area contributed by atoms with E-state index < -0.39 is 17.3 Å². The van der Waals surface area contributed by atoms with Gasteiger partial charge in [-0.25, -0.2) is 0 Å². The molecule has 4 rings (SSSR count). The molecular weight excluding hydrogens is 405 g/mol. The van der Waals surface area contributed by atoms with Crippen LogP contribution in [0.25, 0.3) is 0 Å². The van der Waals surface area contributed by atoms with Crippen LogP contribution in [0.1, 0.15) is 37.3 Å². The summed E-state index contributed by atoms with van der Waals surface area (Å²) in [5.41, 5.74) is -0.468. The maximum atomic E-state index is 13.0. The fourth-order valence-corrected chi connectivity index (χ4v) is 4.22. The molecule has 2 aromatic rings. The fraction of sp³-hybridized carbons (Fsp3) is 0.500. The summed E-state index contributed by atoms with van der Waals surface area (Å²) in [6.07, 6.45) is 1.32. The average Bonchev–Trinajstić information content (AvgIpc) is 3.02. The highest BCUT2D eigenvalue weighted by Crippen LogP contribution is 2.41. The summed E-state index contributed by atoms with van der Waals surface area (Å²) in [5.74, 6) is 0.403. The number of nitrogens with one attached hydrogen (secondary N) is 1. The number of carbonyl (C=O) groups is 1. The van der Waals surface area contributed by atoms with Gasteiger partial charge in [0.05, 0.1) is 22.5 Å². The first kappa shape index (κ1) is 20.2.